The van der Waals surface area contributed by atoms with Gasteiger partial charge in [0, 0.05) is 12.3 Å². The Morgan fingerprint density at radius 2 is 2.00 bits per heavy atom. The van der Waals surface area contributed by atoms with E-state index < -0.39 is 5.54 Å². The number of fused-ring (bicyclic) bond motifs is 2. The van der Waals surface area contributed by atoms with Gasteiger partial charge < -0.3 is 10.1 Å². The third-order valence-electron chi connectivity index (χ3n) is 4.67. The lowest BCUT2D eigenvalue weighted by atomic mass is 9.78. The molecule has 0 bridgehead atoms. The van der Waals surface area contributed by atoms with Crippen molar-refractivity contribution in [2.24, 2.45) is 11.0 Å². The molecule has 1 saturated heterocycles. The summed E-state index contributed by atoms with van der Waals surface area (Å²) in [5, 5.41) is 7.49. The molecular formula is C17H17N3O2. The van der Waals surface area contributed by atoms with Crippen LogP contribution in [-0.2, 0) is 4.79 Å². The average Bonchev–Trinajstić information content (AvgIpc) is 3.12. The Hall–Kier alpha value is -2.56. The summed E-state index contributed by atoms with van der Waals surface area (Å²) in [6.45, 7) is 0. The van der Waals surface area contributed by atoms with Gasteiger partial charge in [-0.3, -0.25) is 10.2 Å². The molecule has 22 heavy (non-hydrogen) atoms. The highest BCUT2D eigenvalue weighted by molar-refractivity contribution is 6.07. The van der Waals surface area contributed by atoms with Gasteiger partial charge in [0.2, 0.25) is 5.91 Å². The minimum atomic E-state index is -0.665. The zero-order valence-electron chi connectivity index (χ0n) is 12.2. The van der Waals surface area contributed by atoms with Crippen LogP contribution < -0.4 is 15.5 Å². The maximum atomic E-state index is 12.5. The van der Waals surface area contributed by atoms with E-state index in [1.807, 2.05) is 42.5 Å². The van der Waals surface area contributed by atoms with Crippen LogP contribution in [0.15, 0.2) is 53.7 Å². The topological polar surface area (TPSA) is 62.7 Å². The summed E-state index contributed by atoms with van der Waals surface area (Å²) in [6, 6.07) is 7.81. The number of hydrogen-bond acceptors (Lipinski definition) is 4. The third kappa shape index (κ3) is 1.78. The van der Waals surface area contributed by atoms with E-state index in [4.69, 9.17) is 4.74 Å². The van der Waals surface area contributed by atoms with Crippen LogP contribution >= 0.6 is 0 Å². The normalized spacial score (nSPS) is 31.7. The predicted molar refractivity (Wildman–Crippen MR) is 83.7 cm³/mol. The van der Waals surface area contributed by atoms with Crippen molar-refractivity contribution >= 4 is 11.6 Å². The molecule has 1 aliphatic carbocycles. The van der Waals surface area contributed by atoms with Crippen molar-refractivity contribution in [2.75, 3.05) is 7.11 Å². The molecule has 3 atom stereocenters. The molecule has 1 aromatic carbocycles. The van der Waals surface area contributed by atoms with Crippen LogP contribution in [0.1, 0.15) is 12.0 Å². The van der Waals surface area contributed by atoms with Gasteiger partial charge in [-0.1, -0.05) is 24.3 Å². The standard InChI is InChI=1S/C17H17N3O2/c1-22-12-8-6-11(7-9-12)15-10-17(20-19-15)13-4-2-3-5-14(13)18-16(17)21/h2-9,13-14,20H,10H2,1H3,(H,18,21). The number of rotatable bonds is 2. The van der Waals surface area contributed by atoms with Crippen LogP contribution in [0.5, 0.6) is 5.75 Å². The lowest BCUT2D eigenvalue weighted by molar-refractivity contribution is -0.124. The molecule has 3 unspecified atom stereocenters. The van der Waals surface area contributed by atoms with E-state index in [1.54, 1.807) is 7.11 Å². The quantitative estimate of drug-likeness (QED) is 0.866. The minimum absolute atomic E-state index is 0.0194. The summed E-state index contributed by atoms with van der Waals surface area (Å²) in [5.74, 6) is 0.916. The fourth-order valence-electron chi connectivity index (χ4n) is 3.43. The first-order chi connectivity index (χ1) is 10.7. The minimum Gasteiger partial charge on any atom is -0.497 e. The lowest BCUT2D eigenvalue weighted by Crippen LogP contribution is -2.50. The van der Waals surface area contributed by atoms with E-state index in [0.29, 0.717) is 6.42 Å². The number of carbonyl (C=O) groups is 1. The van der Waals surface area contributed by atoms with Crippen molar-refractivity contribution in [2.45, 2.75) is 18.0 Å². The van der Waals surface area contributed by atoms with Crippen molar-refractivity contribution in [3.63, 3.8) is 0 Å². The van der Waals surface area contributed by atoms with Gasteiger partial charge in [0.25, 0.3) is 0 Å². The highest BCUT2D eigenvalue weighted by Gasteiger charge is 2.56. The molecule has 112 valence electrons. The summed E-state index contributed by atoms with van der Waals surface area (Å²) in [6.07, 6.45) is 8.67. The molecule has 4 rings (SSSR count). The summed E-state index contributed by atoms with van der Waals surface area (Å²) in [7, 11) is 1.64. The number of hydrazone groups is 1. The molecule has 0 saturated carbocycles. The van der Waals surface area contributed by atoms with Crippen molar-refractivity contribution in [1.29, 1.82) is 0 Å². The van der Waals surface area contributed by atoms with Gasteiger partial charge in [-0.25, -0.2) is 0 Å². The van der Waals surface area contributed by atoms with E-state index in [1.165, 1.54) is 0 Å². The lowest BCUT2D eigenvalue weighted by Gasteiger charge is -2.27. The number of nitrogens with zero attached hydrogens (tertiary/aromatic N) is 1. The fourth-order valence-corrected chi connectivity index (χ4v) is 3.43. The molecule has 1 spiro atoms. The summed E-state index contributed by atoms with van der Waals surface area (Å²) in [5.41, 5.74) is 4.37. The molecular weight excluding hydrogens is 278 g/mol. The molecule has 1 amide bonds. The Morgan fingerprint density at radius 1 is 1.23 bits per heavy atom. The zero-order valence-corrected chi connectivity index (χ0v) is 12.2. The van der Waals surface area contributed by atoms with Gasteiger partial charge in [-0.15, -0.1) is 0 Å². The summed E-state index contributed by atoms with van der Waals surface area (Å²) in [4.78, 5) is 12.5. The second-order valence-electron chi connectivity index (χ2n) is 5.84. The first-order valence-corrected chi connectivity index (χ1v) is 7.37. The van der Waals surface area contributed by atoms with Gasteiger partial charge in [0.1, 0.15) is 11.3 Å². The van der Waals surface area contributed by atoms with E-state index in [-0.39, 0.29) is 17.9 Å². The zero-order chi connectivity index (χ0) is 15.2. The molecule has 1 aromatic rings. The Morgan fingerprint density at radius 3 is 2.77 bits per heavy atom. The Balaban J connectivity index is 1.61. The van der Waals surface area contributed by atoms with E-state index in [2.05, 4.69) is 21.9 Å². The predicted octanol–water partition coefficient (Wildman–Crippen LogP) is 1.37. The van der Waals surface area contributed by atoms with Crippen molar-refractivity contribution < 1.29 is 9.53 Å². The molecule has 1 fully saturated rings. The fraction of sp³-hybridized carbons (Fsp3) is 0.294. The second-order valence-corrected chi connectivity index (χ2v) is 5.84. The maximum absolute atomic E-state index is 12.5. The van der Waals surface area contributed by atoms with Crippen molar-refractivity contribution in [3.8, 4) is 5.75 Å². The smallest absolute Gasteiger partial charge is 0.248 e. The van der Waals surface area contributed by atoms with Crippen LogP contribution in [0.3, 0.4) is 0 Å². The number of methoxy groups -OCH3 is 1. The largest absolute Gasteiger partial charge is 0.497 e. The molecule has 5 heteroatoms. The summed E-state index contributed by atoms with van der Waals surface area (Å²) >= 11 is 0. The van der Waals surface area contributed by atoms with E-state index in [9.17, 15) is 4.79 Å². The molecule has 2 heterocycles. The van der Waals surface area contributed by atoms with Crippen LogP contribution in [0.4, 0.5) is 0 Å². The number of carbonyl (C=O) groups excluding carboxylic acids is 1. The molecule has 2 aliphatic heterocycles. The second kappa shape index (κ2) is 4.73. The Labute approximate surface area is 128 Å². The number of nitrogens with one attached hydrogen (secondary N) is 2. The van der Waals surface area contributed by atoms with Crippen molar-refractivity contribution in [1.82, 2.24) is 10.7 Å². The molecule has 3 aliphatic rings. The first kappa shape index (κ1) is 13.1. The molecule has 5 nitrogen and oxygen atoms in total. The average molecular weight is 295 g/mol. The van der Waals surface area contributed by atoms with E-state index >= 15 is 0 Å². The highest BCUT2D eigenvalue weighted by Crippen LogP contribution is 2.38. The number of ether oxygens (including phenoxy) is 1. The van der Waals surface area contributed by atoms with Crippen LogP contribution in [0, 0.1) is 5.92 Å². The maximum Gasteiger partial charge on any atom is 0.248 e. The molecule has 0 aromatic heterocycles. The number of amides is 1. The van der Waals surface area contributed by atoms with Gasteiger partial charge in [-0.2, -0.15) is 5.10 Å². The number of benzene rings is 1. The highest BCUT2D eigenvalue weighted by atomic mass is 16.5. The Kier molecular flexibility index (Phi) is 2.82. The van der Waals surface area contributed by atoms with Crippen LogP contribution in [0.25, 0.3) is 0 Å². The number of allylic oxidation sites excluding steroid dienone is 2. The van der Waals surface area contributed by atoms with Crippen molar-refractivity contribution in [3.05, 3.63) is 54.1 Å². The molecule has 0 radical (unpaired) electrons. The van der Waals surface area contributed by atoms with E-state index in [0.717, 1.165) is 17.0 Å². The summed E-state index contributed by atoms with van der Waals surface area (Å²) < 4.78 is 5.18. The van der Waals surface area contributed by atoms with Gasteiger partial charge in [-0.05, 0) is 29.8 Å². The third-order valence-corrected chi connectivity index (χ3v) is 4.67. The first-order valence-electron chi connectivity index (χ1n) is 7.37. The van der Waals surface area contributed by atoms with Gasteiger partial charge in [0.05, 0.1) is 18.9 Å². The van der Waals surface area contributed by atoms with Gasteiger partial charge in [0.15, 0.2) is 0 Å². The number of hydrogen-bond donors (Lipinski definition) is 2. The Bertz CT molecular complexity index is 705. The van der Waals surface area contributed by atoms with Gasteiger partial charge >= 0.3 is 0 Å². The SMILES string of the molecule is COc1ccc(C2=NNC3(C2)C(=O)NC2C=CC=CC23)cc1. The molecule has 2 N–H and O–H groups in total. The van der Waals surface area contributed by atoms with Crippen LogP contribution in [-0.4, -0.2) is 30.3 Å². The monoisotopic (exact) mass is 295 g/mol. The van der Waals surface area contributed by atoms with Crippen LogP contribution in [0.2, 0.25) is 0 Å².